The predicted octanol–water partition coefficient (Wildman–Crippen LogP) is 5.02. The Kier molecular flexibility index (Phi) is 4.77. The summed E-state index contributed by atoms with van der Waals surface area (Å²) < 4.78 is 0. The fourth-order valence-corrected chi connectivity index (χ4v) is 3.43. The first-order valence-electron chi connectivity index (χ1n) is 8.61. The van der Waals surface area contributed by atoms with Crippen LogP contribution >= 0.6 is 0 Å². The topological polar surface area (TPSA) is 38.9 Å². The first-order chi connectivity index (χ1) is 10.8. The number of fused-ring (bicyclic) bond motifs is 1. The second-order valence-corrected chi connectivity index (χ2v) is 6.53. The smallest absolute Gasteiger partial charge is 0.0705 e. The number of unbranched alkanes of at least 4 members (excludes halogenated alkanes) is 2. The summed E-state index contributed by atoms with van der Waals surface area (Å²) in [6, 6.07) is 12.5. The van der Waals surface area contributed by atoms with Crippen molar-refractivity contribution in [2.75, 3.05) is 5.73 Å². The molecule has 0 amide bonds. The molecule has 0 fully saturated rings. The van der Waals surface area contributed by atoms with Crippen LogP contribution < -0.4 is 5.73 Å². The third-order valence-electron chi connectivity index (χ3n) is 4.79. The molecule has 1 unspecified atom stereocenters. The molecule has 1 heterocycles. The van der Waals surface area contributed by atoms with Crippen LogP contribution in [0.2, 0.25) is 0 Å². The Labute approximate surface area is 133 Å². The minimum absolute atomic E-state index is 0.802. The van der Waals surface area contributed by atoms with Crippen LogP contribution in [0.3, 0.4) is 0 Å². The average molecular weight is 294 g/mol. The SMILES string of the molecule is CCCCCC1CCc2nc(-c3ccc(N)cc3)ccc2C1. The van der Waals surface area contributed by atoms with Crippen LogP contribution in [0.1, 0.15) is 50.3 Å². The maximum atomic E-state index is 5.76. The van der Waals surface area contributed by atoms with Crippen molar-refractivity contribution in [2.24, 2.45) is 5.92 Å². The summed E-state index contributed by atoms with van der Waals surface area (Å²) in [7, 11) is 0. The number of hydrogen-bond donors (Lipinski definition) is 1. The van der Waals surface area contributed by atoms with Gasteiger partial charge in [0.15, 0.2) is 0 Å². The van der Waals surface area contributed by atoms with E-state index < -0.39 is 0 Å². The molecule has 0 aliphatic heterocycles. The van der Waals surface area contributed by atoms with Crippen LogP contribution in [-0.2, 0) is 12.8 Å². The van der Waals surface area contributed by atoms with E-state index in [0.717, 1.165) is 29.3 Å². The van der Waals surface area contributed by atoms with Gasteiger partial charge >= 0.3 is 0 Å². The fraction of sp³-hybridized carbons (Fsp3) is 0.450. The Morgan fingerprint density at radius 2 is 1.91 bits per heavy atom. The number of pyridine rings is 1. The predicted molar refractivity (Wildman–Crippen MR) is 93.7 cm³/mol. The zero-order chi connectivity index (χ0) is 15.4. The van der Waals surface area contributed by atoms with E-state index in [0.29, 0.717) is 0 Å². The van der Waals surface area contributed by atoms with Gasteiger partial charge in [-0.2, -0.15) is 0 Å². The second-order valence-electron chi connectivity index (χ2n) is 6.53. The van der Waals surface area contributed by atoms with Crippen molar-refractivity contribution in [3.8, 4) is 11.3 Å². The van der Waals surface area contributed by atoms with Gasteiger partial charge < -0.3 is 5.73 Å². The lowest BCUT2D eigenvalue weighted by atomic mass is 9.83. The maximum Gasteiger partial charge on any atom is 0.0705 e. The van der Waals surface area contributed by atoms with Gasteiger partial charge in [-0.25, -0.2) is 0 Å². The average Bonchev–Trinajstić information content (AvgIpc) is 2.55. The summed E-state index contributed by atoms with van der Waals surface area (Å²) in [5, 5.41) is 0. The van der Waals surface area contributed by atoms with Gasteiger partial charge in [-0.1, -0.05) is 50.8 Å². The number of nitrogens with two attached hydrogens (primary N) is 1. The highest BCUT2D eigenvalue weighted by Gasteiger charge is 2.19. The highest BCUT2D eigenvalue weighted by molar-refractivity contribution is 5.62. The number of aromatic nitrogens is 1. The third-order valence-corrected chi connectivity index (χ3v) is 4.79. The molecule has 0 radical (unpaired) electrons. The van der Waals surface area contributed by atoms with Crippen LogP contribution in [0.4, 0.5) is 5.69 Å². The fourth-order valence-electron chi connectivity index (χ4n) is 3.43. The van der Waals surface area contributed by atoms with E-state index in [-0.39, 0.29) is 0 Å². The molecule has 3 rings (SSSR count). The lowest BCUT2D eigenvalue weighted by Crippen LogP contribution is -2.15. The van der Waals surface area contributed by atoms with Crippen LogP contribution in [0, 0.1) is 5.92 Å². The summed E-state index contributed by atoms with van der Waals surface area (Å²) in [5.74, 6) is 0.864. The van der Waals surface area contributed by atoms with E-state index in [1.807, 2.05) is 12.1 Å². The van der Waals surface area contributed by atoms with Crippen LogP contribution in [0.5, 0.6) is 0 Å². The molecule has 1 aliphatic carbocycles. The molecule has 1 aliphatic rings. The molecule has 116 valence electrons. The minimum atomic E-state index is 0.802. The monoisotopic (exact) mass is 294 g/mol. The van der Waals surface area contributed by atoms with Crippen molar-refractivity contribution in [3.63, 3.8) is 0 Å². The first-order valence-corrected chi connectivity index (χ1v) is 8.61. The van der Waals surface area contributed by atoms with E-state index in [1.54, 1.807) is 0 Å². The summed E-state index contributed by atoms with van der Waals surface area (Å²) >= 11 is 0. The Balaban J connectivity index is 1.72. The van der Waals surface area contributed by atoms with Crippen LogP contribution in [-0.4, -0.2) is 4.98 Å². The molecule has 2 nitrogen and oxygen atoms in total. The van der Waals surface area contributed by atoms with Crippen molar-refractivity contribution in [1.82, 2.24) is 4.98 Å². The van der Waals surface area contributed by atoms with Crippen molar-refractivity contribution in [1.29, 1.82) is 0 Å². The van der Waals surface area contributed by atoms with Crippen LogP contribution in [0.15, 0.2) is 36.4 Å². The van der Waals surface area contributed by atoms with Gasteiger partial charge in [0.25, 0.3) is 0 Å². The lowest BCUT2D eigenvalue weighted by molar-refractivity contribution is 0.404. The minimum Gasteiger partial charge on any atom is -0.399 e. The van der Waals surface area contributed by atoms with Gasteiger partial charge in [0.05, 0.1) is 5.69 Å². The summed E-state index contributed by atoms with van der Waals surface area (Å²) in [6.07, 6.45) is 9.10. The molecule has 1 aromatic carbocycles. The molecular weight excluding hydrogens is 268 g/mol. The zero-order valence-corrected chi connectivity index (χ0v) is 13.5. The summed E-state index contributed by atoms with van der Waals surface area (Å²) in [4.78, 5) is 4.90. The van der Waals surface area contributed by atoms with Crippen molar-refractivity contribution < 1.29 is 0 Å². The number of nitrogen functional groups attached to an aromatic ring is 1. The number of aryl methyl sites for hydroxylation is 1. The second kappa shape index (κ2) is 6.95. The molecule has 2 heteroatoms. The Morgan fingerprint density at radius 1 is 1.09 bits per heavy atom. The van der Waals surface area contributed by atoms with E-state index in [1.165, 1.54) is 49.8 Å². The van der Waals surface area contributed by atoms with Gasteiger partial charge in [-0.3, -0.25) is 4.98 Å². The Morgan fingerprint density at radius 3 is 2.68 bits per heavy atom. The Bertz CT molecular complexity index is 616. The molecule has 2 aromatic rings. The quantitative estimate of drug-likeness (QED) is 0.621. The highest BCUT2D eigenvalue weighted by Crippen LogP contribution is 2.30. The number of anilines is 1. The number of benzene rings is 1. The molecule has 1 atom stereocenters. The standard InChI is InChI=1S/C20H26N2/c1-2-3-4-5-15-6-12-20-17(14-15)9-13-19(22-20)16-7-10-18(21)11-8-16/h7-11,13,15H,2-6,12,14,21H2,1H3. The van der Waals surface area contributed by atoms with Gasteiger partial charge in [0.2, 0.25) is 0 Å². The molecule has 0 saturated heterocycles. The number of hydrogen-bond acceptors (Lipinski definition) is 2. The van der Waals surface area contributed by atoms with E-state index in [4.69, 9.17) is 10.7 Å². The largest absolute Gasteiger partial charge is 0.399 e. The van der Waals surface area contributed by atoms with Gasteiger partial charge in [-0.15, -0.1) is 0 Å². The van der Waals surface area contributed by atoms with E-state index >= 15 is 0 Å². The molecule has 0 saturated carbocycles. The van der Waals surface area contributed by atoms with Gasteiger partial charge in [-0.05, 0) is 48.9 Å². The number of rotatable bonds is 5. The first kappa shape index (κ1) is 15.1. The summed E-state index contributed by atoms with van der Waals surface area (Å²) in [6.45, 7) is 2.28. The highest BCUT2D eigenvalue weighted by atomic mass is 14.7. The molecule has 1 aromatic heterocycles. The molecular formula is C20H26N2. The Hall–Kier alpha value is -1.83. The zero-order valence-electron chi connectivity index (χ0n) is 13.5. The lowest BCUT2D eigenvalue weighted by Gasteiger charge is -2.24. The van der Waals surface area contributed by atoms with Crippen LogP contribution in [0.25, 0.3) is 11.3 Å². The van der Waals surface area contributed by atoms with Crippen molar-refractivity contribution >= 4 is 5.69 Å². The van der Waals surface area contributed by atoms with Gasteiger partial charge in [0, 0.05) is 16.9 Å². The van der Waals surface area contributed by atoms with Crippen molar-refractivity contribution in [3.05, 3.63) is 47.7 Å². The maximum absolute atomic E-state index is 5.76. The number of nitrogens with zero attached hydrogens (tertiary/aromatic N) is 1. The summed E-state index contributed by atoms with van der Waals surface area (Å²) in [5.41, 5.74) is 11.6. The third kappa shape index (κ3) is 3.49. The molecule has 0 bridgehead atoms. The van der Waals surface area contributed by atoms with E-state index in [9.17, 15) is 0 Å². The van der Waals surface area contributed by atoms with Crippen molar-refractivity contribution in [2.45, 2.75) is 51.9 Å². The molecule has 2 N–H and O–H groups in total. The molecule has 0 spiro atoms. The molecule has 22 heavy (non-hydrogen) atoms. The van der Waals surface area contributed by atoms with Gasteiger partial charge in [0.1, 0.15) is 0 Å². The van der Waals surface area contributed by atoms with E-state index in [2.05, 4.69) is 31.2 Å². The normalized spacial score (nSPS) is 17.2.